The highest BCUT2D eigenvalue weighted by molar-refractivity contribution is 5.94. The largest absolute Gasteiger partial charge is 0.508 e. The van der Waals surface area contributed by atoms with Crippen LogP contribution >= 0.6 is 0 Å². The zero-order valence-electron chi connectivity index (χ0n) is 21.6. The monoisotopic (exact) mass is 522 g/mol. The maximum Gasteiger partial charge on any atom is 0.326 e. The van der Waals surface area contributed by atoms with Crippen molar-refractivity contribution in [2.75, 3.05) is 0 Å². The number of aromatic hydroxyl groups is 1. The highest BCUT2D eigenvalue weighted by Gasteiger charge is 2.32. The summed E-state index contributed by atoms with van der Waals surface area (Å²) in [7, 11) is 0. The molecule has 1 aromatic rings. The zero-order valence-corrected chi connectivity index (χ0v) is 21.6. The molecule has 0 spiro atoms. The van der Waals surface area contributed by atoms with Crippen LogP contribution in [0.2, 0.25) is 0 Å². The fourth-order valence-corrected chi connectivity index (χ4v) is 3.43. The Hall–Kier alpha value is -3.67. The maximum absolute atomic E-state index is 13.2. The van der Waals surface area contributed by atoms with Crippen molar-refractivity contribution in [3.63, 3.8) is 0 Å². The molecule has 0 heterocycles. The first-order chi connectivity index (χ1) is 17.3. The van der Waals surface area contributed by atoms with E-state index in [9.17, 15) is 34.2 Å². The number of carboxylic acid groups (broad SMARTS) is 2. The fraction of sp³-hybridized carbons (Fsp3) is 0.560. The molecular weight excluding hydrogens is 484 g/mol. The van der Waals surface area contributed by atoms with Crippen molar-refractivity contribution in [2.24, 2.45) is 17.6 Å². The Labute approximate surface area is 216 Å². The van der Waals surface area contributed by atoms with Gasteiger partial charge < -0.3 is 37.0 Å². The molecule has 8 N–H and O–H groups in total. The number of phenolic OH excluding ortho intramolecular Hbond substituents is 1. The topological polar surface area (TPSA) is 208 Å². The summed E-state index contributed by atoms with van der Waals surface area (Å²) in [6, 6.07) is 1.16. The van der Waals surface area contributed by atoms with Gasteiger partial charge in [0.05, 0.1) is 6.04 Å². The third kappa shape index (κ3) is 10.5. The first-order valence-corrected chi connectivity index (χ1v) is 12.2. The van der Waals surface area contributed by atoms with Crippen LogP contribution in [0.3, 0.4) is 0 Å². The van der Waals surface area contributed by atoms with Gasteiger partial charge in [0, 0.05) is 12.8 Å². The quantitative estimate of drug-likeness (QED) is 0.169. The molecule has 12 heteroatoms. The van der Waals surface area contributed by atoms with Gasteiger partial charge in [-0.05, 0) is 36.0 Å². The Morgan fingerprint density at radius 1 is 0.865 bits per heavy atom. The molecule has 3 amide bonds. The molecule has 0 bridgehead atoms. The lowest BCUT2D eigenvalue weighted by molar-refractivity contribution is -0.143. The number of benzene rings is 1. The van der Waals surface area contributed by atoms with E-state index < -0.39 is 66.2 Å². The van der Waals surface area contributed by atoms with E-state index in [4.69, 9.17) is 10.8 Å². The van der Waals surface area contributed by atoms with Crippen molar-refractivity contribution in [1.29, 1.82) is 0 Å². The van der Waals surface area contributed by atoms with Gasteiger partial charge in [0.15, 0.2) is 0 Å². The second kappa shape index (κ2) is 14.8. The van der Waals surface area contributed by atoms with Gasteiger partial charge in [-0.2, -0.15) is 0 Å². The van der Waals surface area contributed by atoms with Gasteiger partial charge in [-0.1, -0.05) is 46.2 Å². The molecule has 0 aliphatic carbocycles. The van der Waals surface area contributed by atoms with Crippen LogP contribution in [0.4, 0.5) is 0 Å². The average Bonchev–Trinajstić information content (AvgIpc) is 2.83. The predicted molar refractivity (Wildman–Crippen MR) is 134 cm³/mol. The molecule has 1 rings (SSSR count). The SMILES string of the molecule is CCC(C)C(N)C(=O)NC(CCC(=O)O)C(=O)NC(Cc1ccc(O)cc1)C(=O)NC(C(=O)O)C(C)C. The van der Waals surface area contributed by atoms with Crippen LogP contribution in [-0.2, 0) is 30.4 Å². The van der Waals surface area contributed by atoms with Crippen LogP contribution in [0.25, 0.3) is 0 Å². The number of nitrogens with one attached hydrogen (secondary N) is 3. The van der Waals surface area contributed by atoms with E-state index in [0.717, 1.165) is 0 Å². The van der Waals surface area contributed by atoms with Crippen LogP contribution in [0, 0.1) is 11.8 Å². The van der Waals surface area contributed by atoms with Gasteiger partial charge >= 0.3 is 11.9 Å². The molecule has 5 unspecified atom stereocenters. The van der Waals surface area contributed by atoms with Gasteiger partial charge in [0.25, 0.3) is 0 Å². The van der Waals surface area contributed by atoms with Gasteiger partial charge in [0.1, 0.15) is 23.9 Å². The van der Waals surface area contributed by atoms with Crippen LogP contribution < -0.4 is 21.7 Å². The molecule has 0 radical (unpaired) electrons. The van der Waals surface area contributed by atoms with Crippen molar-refractivity contribution in [1.82, 2.24) is 16.0 Å². The minimum absolute atomic E-state index is 0.00590. The van der Waals surface area contributed by atoms with E-state index >= 15 is 0 Å². The molecule has 206 valence electrons. The second-order valence-corrected chi connectivity index (χ2v) is 9.41. The van der Waals surface area contributed by atoms with E-state index in [1.54, 1.807) is 20.8 Å². The highest BCUT2D eigenvalue weighted by atomic mass is 16.4. The van der Waals surface area contributed by atoms with Crippen LogP contribution in [-0.4, -0.2) is 69.1 Å². The highest BCUT2D eigenvalue weighted by Crippen LogP contribution is 2.13. The molecule has 0 saturated heterocycles. The lowest BCUT2D eigenvalue weighted by Crippen LogP contribution is -2.58. The van der Waals surface area contributed by atoms with Crippen LogP contribution in [0.1, 0.15) is 52.5 Å². The number of hydrogen-bond donors (Lipinski definition) is 7. The third-order valence-corrected chi connectivity index (χ3v) is 6.08. The average molecular weight is 523 g/mol. The molecule has 0 fully saturated rings. The molecule has 37 heavy (non-hydrogen) atoms. The van der Waals surface area contributed by atoms with Crippen molar-refractivity contribution < 1.29 is 39.3 Å². The first kappa shape index (κ1) is 31.4. The molecular formula is C25H38N4O8. The number of carbonyl (C=O) groups excluding carboxylic acids is 3. The number of rotatable bonds is 15. The van der Waals surface area contributed by atoms with Crippen LogP contribution in [0.5, 0.6) is 5.75 Å². The van der Waals surface area contributed by atoms with Crippen molar-refractivity contribution in [3.8, 4) is 5.75 Å². The Morgan fingerprint density at radius 2 is 1.41 bits per heavy atom. The van der Waals surface area contributed by atoms with E-state index in [1.807, 2.05) is 6.92 Å². The number of amides is 3. The summed E-state index contributed by atoms with van der Waals surface area (Å²) in [5.41, 5.74) is 6.51. The third-order valence-electron chi connectivity index (χ3n) is 6.08. The summed E-state index contributed by atoms with van der Waals surface area (Å²) < 4.78 is 0. The number of phenols is 1. The second-order valence-electron chi connectivity index (χ2n) is 9.41. The summed E-state index contributed by atoms with van der Waals surface area (Å²) in [4.78, 5) is 61.6. The number of nitrogens with two attached hydrogens (primary N) is 1. The number of aliphatic carboxylic acids is 2. The Morgan fingerprint density at radius 3 is 1.89 bits per heavy atom. The molecule has 0 saturated carbocycles. The van der Waals surface area contributed by atoms with Gasteiger partial charge in [-0.15, -0.1) is 0 Å². The van der Waals surface area contributed by atoms with E-state index in [0.29, 0.717) is 12.0 Å². The molecule has 5 atom stereocenters. The molecule has 0 aromatic heterocycles. The molecule has 12 nitrogen and oxygen atoms in total. The predicted octanol–water partition coefficient (Wildman–Crippen LogP) is 0.368. The number of carbonyl (C=O) groups is 5. The van der Waals surface area contributed by atoms with E-state index in [1.165, 1.54) is 24.3 Å². The van der Waals surface area contributed by atoms with Crippen LogP contribution in [0.15, 0.2) is 24.3 Å². The van der Waals surface area contributed by atoms with E-state index in [-0.39, 0.29) is 24.5 Å². The van der Waals surface area contributed by atoms with Gasteiger partial charge in [-0.3, -0.25) is 19.2 Å². The lowest BCUT2D eigenvalue weighted by Gasteiger charge is -2.26. The number of carboxylic acids is 2. The normalized spacial score (nSPS) is 15.1. The summed E-state index contributed by atoms with van der Waals surface area (Å²) >= 11 is 0. The summed E-state index contributed by atoms with van der Waals surface area (Å²) in [6.45, 7) is 6.85. The van der Waals surface area contributed by atoms with Gasteiger partial charge in [0.2, 0.25) is 17.7 Å². The minimum Gasteiger partial charge on any atom is -0.508 e. The standard InChI is InChI=1S/C25H38N4O8/c1-5-14(4)20(26)24(35)27-17(10-11-19(31)32)22(33)28-18(12-15-6-8-16(30)9-7-15)23(34)29-21(13(2)3)25(36)37/h6-9,13-14,17-18,20-21,30H,5,10-12,26H2,1-4H3,(H,27,35)(H,28,33)(H,29,34)(H,31,32)(H,36,37). The lowest BCUT2D eigenvalue weighted by atomic mass is 9.98. The number of hydrogen-bond acceptors (Lipinski definition) is 7. The molecule has 1 aromatic carbocycles. The van der Waals surface area contributed by atoms with Crippen molar-refractivity contribution in [3.05, 3.63) is 29.8 Å². The minimum atomic E-state index is -1.30. The summed E-state index contributed by atoms with van der Waals surface area (Å²) in [6.07, 6.45) is -0.137. The Bertz CT molecular complexity index is 951. The van der Waals surface area contributed by atoms with Gasteiger partial charge in [-0.25, -0.2) is 4.79 Å². The van der Waals surface area contributed by atoms with E-state index in [2.05, 4.69) is 16.0 Å². The smallest absolute Gasteiger partial charge is 0.326 e. The summed E-state index contributed by atoms with van der Waals surface area (Å²) in [5.74, 6) is -5.31. The fourth-order valence-electron chi connectivity index (χ4n) is 3.43. The Balaban J connectivity index is 3.20. The van der Waals surface area contributed by atoms with Crippen molar-refractivity contribution in [2.45, 2.75) is 77.5 Å². The van der Waals surface area contributed by atoms with Crippen molar-refractivity contribution >= 4 is 29.7 Å². The molecule has 0 aliphatic rings. The molecule has 0 aliphatic heterocycles. The Kier molecular flexibility index (Phi) is 12.5. The first-order valence-electron chi connectivity index (χ1n) is 12.2. The zero-order chi connectivity index (χ0) is 28.3. The summed E-state index contributed by atoms with van der Waals surface area (Å²) in [5, 5.41) is 35.5. The maximum atomic E-state index is 13.2.